The molecule has 0 saturated heterocycles. The number of hydrogen-bond donors (Lipinski definition) is 3. The molecule has 0 aromatic heterocycles. The van der Waals surface area contributed by atoms with Gasteiger partial charge in [-0.1, -0.05) is 58.3 Å². The van der Waals surface area contributed by atoms with Crippen molar-refractivity contribution in [2.75, 3.05) is 0 Å². The molecule has 0 aliphatic rings. The second kappa shape index (κ2) is 15.0. The van der Waals surface area contributed by atoms with Crippen LogP contribution in [0.2, 0.25) is 0 Å². The minimum atomic E-state index is -0.653. The van der Waals surface area contributed by atoms with Gasteiger partial charge in [0.15, 0.2) is 0 Å². The summed E-state index contributed by atoms with van der Waals surface area (Å²) < 4.78 is 0. The van der Waals surface area contributed by atoms with Crippen molar-refractivity contribution in [2.24, 2.45) is 11.5 Å². The van der Waals surface area contributed by atoms with Crippen LogP contribution in [0.1, 0.15) is 90.4 Å². The number of primary amides is 2. The Kier molecular flexibility index (Phi) is 14.0. The molecule has 0 aliphatic carbocycles. The average molecular weight is 341 g/mol. The zero-order valence-electron chi connectivity index (χ0n) is 15.1. The van der Waals surface area contributed by atoms with Gasteiger partial charge in [0, 0.05) is 12.8 Å². The van der Waals surface area contributed by atoms with Gasteiger partial charge in [-0.05, 0) is 19.3 Å². The molecule has 1 atom stereocenters. The molecule has 0 heterocycles. The monoisotopic (exact) mass is 341 g/mol. The highest BCUT2D eigenvalue weighted by Crippen LogP contribution is 2.10. The largest absolute Gasteiger partial charge is 0.370 e. The molecule has 0 aromatic rings. The van der Waals surface area contributed by atoms with Crippen molar-refractivity contribution < 1.29 is 14.4 Å². The smallest absolute Gasteiger partial charge is 0.239 e. The van der Waals surface area contributed by atoms with Gasteiger partial charge in [-0.3, -0.25) is 14.4 Å². The van der Waals surface area contributed by atoms with E-state index in [1.807, 2.05) is 0 Å². The molecule has 0 saturated carbocycles. The summed E-state index contributed by atoms with van der Waals surface area (Å²) in [6.45, 7) is 2.20. The van der Waals surface area contributed by atoms with Crippen molar-refractivity contribution in [1.29, 1.82) is 0 Å². The molecule has 0 spiro atoms. The Labute approximate surface area is 146 Å². The van der Waals surface area contributed by atoms with Crippen molar-refractivity contribution >= 4 is 17.7 Å². The first-order chi connectivity index (χ1) is 11.5. The fourth-order valence-corrected chi connectivity index (χ4v) is 2.62. The Balaban J connectivity index is 3.75. The lowest BCUT2D eigenvalue weighted by Crippen LogP contribution is -2.44. The Morgan fingerprint density at radius 1 is 0.792 bits per heavy atom. The molecule has 1 unspecified atom stereocenters. The standard InChI is InChI=1S/C18H35N3O3/c1-2-3-4-5-6-7-8-9-14-17(23)21-15(18(20)24)12-10-11-13-16(19)22/h15H,2-14H2,1H3,(H2,19,22)(H2,20,24)(H,21,23). The molecule has 0 bridgehead atoms. The van der Waals surface area contributed by atoms with Crippen LogP contribution in [-0.2, 0) is 14.4 Å². The molecule has 0 aliphatic heterocycles. The van der Waals surface area contributed by atoms with Crippen LogP contribution in [0.4, 0.5) is 0 Å². The van der Waals surface area contributed by atoms with Gasteiger partial charge in [0.05, 0.1) is 0 Å². The third-order valence-corrected chi connectivity index (χ3v) is 4.10. The fourth-order valence-electron chi connectivity index (χ4n) is 2.62. The molecule has 0 rings (SSSR count). The van der Waals surface area contributed by atoms with Crippen LogP contribution >= 0.6 is 0 Å². The van der Waals surface area contributed by atoms with E-state index < -0.39 is 11.9 Å². The zero-order valence-corrected chi connectivity index (χ0v) is 15.1. The van der Waals surface area contributed by atoms with Gasteiger partial charge < -0.3 is 16.8 Å². The minimum Gasteiger partial charge on any atom is -0.370 e. The van der Waals surface area contributed by atoms with Gasteiger partial charge in [-0.15, -0.1) is 0 Å². The number of hydrogen-bond acceptors (Lipinski definition) is 3. The van der Waals surface area contributed by atoms with Gasteiger partial charge in [0.1, 0.15) is 6.04 Å². The summed E-state index contributed by atoms with van der Waals surface area (Å²) in [5, 5.41) is 2.69. The lowest BCUT2D eigenvalue weighted by atomic mass is 10.1. The SMILES string of the molecule is CCCCCCCCCCC(=O)NC(CCCCC(N)=O)C(N)=O. The first-order valence-electron chi connectivity index (χ1n) is 9.34. The van der Waals surface area contributed by atoms with E-state index in [1.165, 1.54) is 32.1 Å². The Morgan fingerprint density at radius 3 is 1.88 bits per heavy atom. The molecule has 6 nitrogen and oxygen atoms in total. The molecule has 140 valence electrons. The lowest BCUT2D eigenvalue weighted by Gasteiger charge is -2.15. The third kappa shape index (κ3) is 14.0. The van der Waals surface area contributed by atoms with Crippen molar-refractivity contribution in [3.05, 3.63) is 0 Å². The van der Waals surface area contributed by atoms with Crippen molar-refractivity contribution in [3.8, 4) is 0 Å². The summed E-state index contributed by atoms with van der Waals surface area (Å²) >= 11 is 0. The summed E-state index contributed by atoms with van der Waals surface area (Å²) in [6, 6.07) is -0.653. The highest BCUT2D eigenvalue weighted by atomic mass is 16.2. The maximum atomic E-state index is 11.9. The molecule has 0 fully saturated rings. The second-order valence-electron chi connectivity index (χ2n) is 6.46. The molecule has 0 radical (unpaired) electrons. The molecule has 0 aromatic carbocycles. The summed E-state index contributed by atoms with van der Waals surface area (Å²) in [4.78, 5) is 33.9. The van der Waals surface area contributed by atoms with E-state index in [1.54, 1.807) is 0 Å². The Morgan fingerprint density at radius 2 is 1.33 bits per heavy atom. The van der Waals surface area contributed by atoms with E-state index in [-0.39, 0.29) is 18.2 Å². The van der Waals surface area contributed by atoms with Gasteiger partial charge in [0.25, 0.3) is 0 Å². The predicted octanol–water partition coefficient (Wildman–Crippen LogP) is 2.53. The summed E-state index contributed by atoms with van der Waals surface area (Å²) in [5.74, 6) is -1.01. The van der Waals surface area contributed by atoms with E-state index in [4.69, 9.17) is 11.5 Å². The maximum Gasteiger partial charge on any atom is 0.239 e. The molecular formula is C18H35N3O3. The number of nitrogens with two attached hydrogens (primary N) is 2. The number of carbonyl (C=O) groups is 3. The third-order valence-electron chi connectivity index (χ3n) is 4.10. The van der Waals surface area contributed by atoms with Gasteiger partial charge >= 0.3 is 0 Å². The van der Waals surface area contributed by atoms with E-state index in [2.05, 4.69) is 12.2 Å². The minimum absolute atomic E-state index is 0.125. The second-order valence-corrected chi connectivity index (χ2v) is 6.46. The van der Waals surface area contributed by atoms with E-state index in [9.17, 15) is 14.4 Å². The number of amides is 3. The van der Waals surface area contributed by atoms with Gasteiger partial charge in [0.2, 0.25) is 17.7 Å². The predicted molar refractivity (Wildman–Crippen MR) is 96.0 cm³/mol. The highest BCUT2D eigenvalue weighted by Gasteiger charge is 2.17. The van der Waals surface area contributed by atoms with Crippen molar-refractivity contribution in [1.82, 2.24) is 5.32 Å². The topological polar surface area (TPSA) is 115 Å². The first-order valence-corrected chi connectivity index (χ1v) is 9.34. The van der Waals surface area contributed by atoms with E-state index >= 15 is 0 Å². The van der Waals surface area contributed by atoms with Crippen molar-refractivity contribution in [3.63, 3.8) is 0 Å². The summed E-state index contributed by atoms with van der Waals surface area (Å²) in [5.41, 5.74) is 10.4. The highest BCUT2D eigenvalue weighted by molar-refractivity contribution is 5.86. The fraction of sp³-hybridized carbons (Fsp3) is 0.833. The van der Waals surface area contributed by atoms with Crippen LogP contribution in [0.5, 0.6) is 0 Å². The van der Waals surface area contributed by atoms with Crippen molar-refractivity contribution in [2.45, 2.75) is 96.4 Å². The van der Waals surface area contributed by atoms with Crippen LogP contribution in [0.25, 0.3) is 0 Å². The van der Waals surface area contributed by atoms with Crippen LogP contribution in [0, 0.1) is 0 Å². The normalized spacial score (nSPS) is 11.9. The number of unbranched alkanes of at least 4 members (excludes halogenated alkanes) is 8. The lowest BCUT2D eigenvalue weighted by molar-refractivity contribution is -0.127. The quantitative estimate of drug-likeness (QED) is 0.375. The van der Waals surface area contributed by atoms with Crippen LogP contribution in [0.3, 0.4) is 0 Å². The van der Waals surface area contributed by atoms with E-state index in [0.717, 1.165) is 19.3 Å². The summed E-state index contributed by atoms with van der Waals surface area (Å²) in [6.07, 6.45) is 11.8. The number of rotatable bonds is 16. The molecule has 24 heavy (non-hydrogen) atoms. The first kappa shape index (κ1) is 22.4. The van der Waals surface area contributed by atoms with Gasteiger partial charge in [-0.25, -0.2) is 0 Å². The molecule has 3 amide bonds. The number of nitrogens with one attached hydrogen (secondary N) is 1. The average Bonchev–Trinajstić information content (AvgIpc) is 2.52. The van der Waals surface area contributed by atoms with Crippen LogP contribution < -0.4 is 16.8 Å². The van der Waals surface area contributed by atoms with Crippen LogP contribution in [0.15, 0.2) is 0 Å². The Bertz CT molecular complexity index is 373. The van der Waals surface area contributed by atoms with Gasteiger partial charge in [-0.2, -0.15) is 0 Å². The molecular weight excluding hydrogens is 306 g/mol. The maximum absolute atomic E-state index is 11.9. The zero-order chi connectivity index (χ0) is 18.2. The Hall–Kier alpha value is -1.59. The van der Waals surface area contributed by atoms with E-state index in [0.29, 0.717) is 25.7 Å². The molecule has 5 N–H and O–H groups in total. The molecule has 6 heteroatoms. The van der Waals surface area contributed by atoms with Crippen LogP contribution in [-0.4, -0.2) is 23.8 Å². The number of carbonyl (C=O) groups excluding carboxylic acids is 3. The summed E-state index contributed by atoms with van der Waals surface area (Å²) in [7, 11) is 0.